The molecule has 88 valence electrons. The van der Waals surface area contributed by atoms with Crippen LogP contribution in [0.1, 0.15) is 5.56 Å². The molecule has 1 unspecified atom stereocenters. The summed E-state index contributed by atoms with van der Waals surface area (Å²) in [6, 6.07) is 8.08. The Kier molecular flexibility index (Phi) is 4.16. The third-order valence-electron chi connectivity index (χ3n) is 2.63. The van der Waals surface area contributed by atoms with Crippen LogP contribution in [0.4, 0.5) is 0 Å². The maximum Gasteiger partial charge on any atom is 0.118 e. The molecule has 0 bridgehead atoms. The first-order valence-electron chi connectivity index (χ1n) is 5.56. The number of nitrogens with one attached hydrogen (secondary N) is 2. The van der Waals surface area contributed by atoms with E-state index in [2.05, 4.69) is 22.8 Å². The Hall–Kier alpha value is -1.10. The van der Waals surface area contributed by atoms with Gasteiger partial charge in [0.15, 0.2) is 0 Å². The lowest BCUT2D eigenvalue weighted by molar-refractivity contribution is 0.0652. The second-order valence-corrected chi connectivity index (χ2v) is 3.81. The Labute approximate surface area is 95.9 Å². The largest absolute Gasteiger partial charge is 0.497 e. The van der Waals surface area contributed by atoms with Crippen molar-refractivity contribution in [3.05, 3.63) is 29.8 Å². The number of hydrogen-bond acceptors (Lipinski definition) is 4. The molecule has 1 aromatic rings. The van der Waals surface area contributed by atoms with E-state index in [4.69, 9.17) is 9.47 Å². The third kappa shape index (κ3) is 3.20. The van der Waals surface area contributed by atoms with Crippen LogP contribution < -0.4 is 15.4 Å². The maximum atomic E-state index is 5.36. The van der Waals surface area contributed by atoms with Crippen LogP contribution >= 0.6 is 0 Å². The normalized spacial score (nSPS) is 20.7. The van der Waals surface area contributed by atoms with Gasteiger partial charge in [0.1, 0.15) is 5.75 Å². The molecular weight excluding hydrogens is 204 g/mol. The number of hydrogen-bond donors (Lipinski definition) is 2. The zero-order valence-electron chi connectivity index (χ0n) is 9.53. The highest BCUT2D eigenvalue weighted by Gasteiger charge is 2.11. The maximum absolute atomic E-state index is 5.36. The smallest absolute Gasteiger partial charge is 0.118 e. The minimum atomic E-state index is 0.260. The van der Waals surface area contributed by atoms with Gasteiger partial charge in [0.25, 0.3) is 0 Å². The third-order valence-corrected chi connectivity index (χ3v) is 2.63. The summed E-state index contributed by atoms with van der Waals surface area (Å²) in [6.07, 6.45) is 0.260. The van der Waals surface area contributed by atoms with Crippen molar-refractivity contribution in [2.45, 2.75) is 12.7 Å². The standard InChI is InChI=1S/C12H18N2O2/c1-15-11-4-2-10(3-5-11)8-14-12-9-16-7-6-13-12/h2-5,12-14H,6-9H2,1H3. The van der Waals surface area contributed by atoms with Crippen LogP contribution in [0.25, 0.3) is 0 Å². The van der Waals surface area contributed by atoms with E-state index in [-0.39, 0.29) is 6.17 Å². The molecular formula is C12H18N2O2. The monoisotopic (exact) mass is 222 g/mol. The lowest BCUT2D eigenvalue weighted by Crippen LogP contribution is -2.50. The van der Waals surface area contributed by atoms with Crippen molar-refractivity contribution < 1.29 is 9.47 Å². The molecule has 0 saturated carbocycles. The van der Waals surface area contributed by atoms with Gasteiger partial charge in [0.2, 0.25) is 0 Å². The number of benzene rings is 1. The number of morpholine rings is 1. The zero-order chi connectivity index (χ0) is 11.2. The predicted octanol–water partition coefficient (Wildman–Crippen LogP) is 0.731. The Morgan fingerprint density at radius 1 is 1.44 bits per heavy atom. The van der Waals surface area contributed by atoms with Gasteiger partial charge in [-0.05, 0) is 17.7 Å². The molecule has 0 aliphatic carbocycles. The van der Waals surface area contributed by atoms with Gasteiger partial charge >= 0.3 is 0 Å². The SMILES string of the molecule is COc1ccc(CNC2COCCN2)cc1. The van der Waals surface area contributed by atoms with E-state index in [1.54, 1.807) is 7.11 Å². The van der Waals surface area contributed by atoms with Gasteiger partial charge in [-0.25, -0.2) is 0 Å². The summed E-state index contributed by atoms with van der Waals surface area (Å²) in [5, 5.41) is 6.75. The van der Waals surface area contributed by atoms with Crippen molar-refractivity contribution in [1.82, 2.24) is 10.6 Å². The highest BCUT2D eigenvalue weighted by atomic mass is 16.5. The van der Waals surface area contributed by atoms with Crippen LogP contribution in [-0.2, 0) is 11.3 Å². The minimum absolute atomic E-state index is 0.260. The number of rotatable bonds is 4. The van der Waals surface area contributed by atoms with E-state index in [9.17, 15) is 0 Å². The van der Waals surface area contributed by atoms with Gasteiger partial charge in [0.05, 0.1) is 26.5 Å². The molecule has 1 heterocycles. The fraction of sp³-hybridized carbons (Fsp3) is 0.500. The highest BCUT2D eigenvalue weighted by Crippen LogP contribution is 2.11. The topological polar surface area (TPSA) is 42.5 Å². The Morgan fingerprint density at radius 3 is 2.88 bits per heavy atom. The van der Waals surface area contributed by atoms with E-state index < -0.39 is 0 Å². The fourth-order valence-electron chi connectivity index (χ4n) is 1.68. The molecule has 0 aromatic heterocycles. The second-order valence-electron chi connectivity index (χ2n) is 3.81. The fourth-order valence-corrected chi connectivity index (χ4v) is 1.68. The lowest BCUT2D eigenvalue weighted by Gasteiger charge is -2.24. The van der Waals surface area contributed by atoms with Crippen LogP contribution in [0.2, 0.25) is 0 Å². The van der Waals surface area contributed by atoms with Gasteiger partial charge in [-0.1, -0.05) is 12.1 Å². The zero-order valence-corrected chi connectivity index (χ0v) is 9.53. The molecule has 1 saturated heterocycles. The quantitative estimate of drug-likeness (QED) is 0.788. The van der Waals surface area contributed by atoms with Gasteiger partial charge < -0.3 is 9.47 Å². The van der Waals surface area contributed by atoms with E-state index in [1.165, 1.54) is 5.56 Å². The second kappa shape index (κ2) is 5.84. The van der Waals surface area contributed by atoms with Gasteiger partial charge in [-0.2, -0.15) is 0 Å². The van der Waals surface area contributed by atoms with Gasteiger partial charge in [-0.3, -0.25) is 10.6 Å². The summed E-state index contributed by atoms with van der Waals surface area (Å²) in [7, 11) is 1.68. The Balaban J connectivity index is 1.79. The Bertz CT molecular complexity index is 307. The van der Waals surface area contributed by atoms with E-state index in [1.807, 2.05) is 12.1 Å². The van der Waals surface area contributed by atoms with Gasteiger partial charge in [-0.15, -0.1) is 0 Å². The van der Waals surface area contributed by atoms with Crippen molar-refractivity contribution in [1.29, 1.82) is 0 Å². The van der Waals surface area contributed by atoms with Crippen molar-refractivity contribution in [3.63, 3.8) is 0 Å². The minimum Gasteiger partial charge on any atom is -0.497 e. The summed E-state index contributed by atoms with van der Waals surface area (Å²) in [5.74, 6) is 0.892. The molecule has 1 aromatic carbocycles. The molecule has 4 nitrogen and oxygen atoms in total. The first-order chi connectivity index (χ1) is 7.88. The summed E-state index contributed by atoms with van der Waals surface area (Å²) in [6.45, 7) is 3.29. The molecule has 0 radical (unpaired) electrons. The highest BCUT2D eigenvalue weighted by molar-refractivity contribution is 5.27. The molecule has 1 aliphatic heterocycles. The molecule has 4 heteroatoms. The molecule has 2 N–H and O–H groups in total. The summed E-state index contributed by atoms with van der Waals surface area (Å²) >= 11 is 0. The van der Waals surface area contributed by atoms with Gasteiger partial charge in [0, 0.05) is 13.1 Å². The molecule has 1 fully saturated rings. The number of ether oxygens (including phenoxy) is 2. The molecule has 0 amide bonds. The number of methoxy groups -OCH3 is 1. The van der Waals surface area contributed by atoms with Crippen molar-refractivity contribution in [3.8, 4) is 5.75 Å². The summed E-state index contributed by atoms with van der Waals surface area (Å²) < 4.78 is 10.5. The Morgan fingerprint density at radius 2 is 2.25 bits per heavy atom. The molecule has 16 heavy (non-hydrogen) atoms. The van der Waals surface area contributed by atoms with E-state index >= 15 is 0 Å². The summed E-state index contributed by atoms with van der Waals surface area (Å²) in [5.41, 5.74) is 1.24. The average Bonchev–Trinajstić information content (AvgIpc) is 2.38. The van der Waals surface area contributed by atoms with Crippen LogP contribution in [0.3, 0.4) is 0 Å². The van der Waals surface area contributed by atoms with Crippen molar-refractivity contribution >= 4 is 0 Å². The van der Waals surface area contributed by atoms with E-state index in [0.29, 0.717) is 0 Å². The molecule has 1 atom stereocenters. The first kappa shape index (κ1) is 11.4. The van der Waals surface area contributed by atoms with Crippen LogP contribution in [0.15, 0.2) is 24.3 Å². The molecule has 1 aliphatic rings. The van der Waals surface area contributed by atoms with Crippen LogP contribution in [-0.4, -0.2) is 33.0 Å². The predicted molar refractivity (Wildman–Crippen MR) is 62.4 cm³/mol. The van der Waals surface area contributed by atoms with Crippen molar-refractivity contribution in [2.75, 3.05) is 26.9 Å². The molecule has 2 rings (SSSR count). The lowest BCUT2D eigenvalue weighted by atomic mass is 10.2. The van der Waals surface area contributed by atoms with Crippen LogP contribution in [0.5, 0.6) is 5.75 Å². The molecule has 0 spiro atoms. The average molecular weight is 222 g/mol. The first-order valence-corrected chi connectivity index (χ1v) is 5.56. The van der Waals surface area contributed by atoms with Crippen molar-refractivity contribution in [2.24, 2.45) is 0 Å². The summed E-state index contributed by atoms with van der Waals surface area (Å²) in [4.78, 5) is 0. The van der Waals surface area contributed by atoms with Crippen LogP contribution in [0, 0.1) is 0 Å². The van der Waals surface area contributed by atoms with E-state index in [0.717, 1.165) is 32.1 Å².